The number of nitrogens with zero attached hydrogens (tertiary/aromatic N) is 1. The fourth-order valence-corrected chi connectivity index (χ4v) is 1.68. The second-order valence-electron chi connectivity index (χ2n) is 4.54. The van der Waals surface area contributed by atoms with Crippen LogP contribution >= 0.6 is 0 Å². The normalized spacial score (nSPS) is 14.6. The first-order valence-electron chi connectivity index (χ1n) is 6.22. The lowest BCUT2D eigenvalue weighted by atomic mass is 10.2. The molecule has 2 rings (SSSR count). The van der Waals surface area contributed by atoms with Crippen LogP contribution in [0.4, 0.5) is 0 Å². The van der Waals surface area contributed by atoms with Crippen molar-refractivity contribution in [3.8, 4) is 5.88 Å². The summed E-state index contributed by atoms with van der Waals surface area (Å²) in [5, 5.41) is 3.50. The van der Waals surface area contributed by atoms with Gasteiger partial charge in [0, 0.05) is 24.3 Å². The fourth-order valence-electron chi connectivity index (χ4n) is 1.68. The Bertz CT molecular complexity index is 386. The molecule has 0 aromatic carbocycles. The van der Waals surface area contributed by atoms with E-state index in [-0.39, 0.29) is 0 Å². The van der Waals surface area contributed by atoms with Gasteiger partial charge in [0.05, 0.1) is 6.61 Å². The van der Waals surface area contributed by atoms with Gasteiger partial charge in [-0.05, 0) is 37.8 Å². The number of hydrogen-bond donors (Lipinski definition) is 1. The van der Waals surface area contributed by atoms with E-state index in [1.807, 2.05) is 19.1 Å². The lowest BCUT2D eigenvalue weighted by Crippen LogP contribution is -2.15. The summed E-state index contributed by atoms with van der Waals surface area (Å²) in [7, 11) is 0. The molecule has 1 aliphatic carbocycles. The van der Waals surface area contributed by atoms with E-state index >= 15 is 0 Å². The third-order valence-corrected chi connectivity index (χ3v) is 2.73. The second kappa shape index (κ2) is 5.82. The summed E-state index contributed by atoms with van der Waals surface area (Å²) in [5.74, 6) is 0.722. The molecule has 1 N–H and O–H groups in total. The number of nitrogens with one attached hydrogen (secondary N) is 1. The van der Waals surface area contributed by atoms with Gasteiger partial charge >= 0.3 is 0 Å². The molecule has 0 aliphatic heterocycles. The van der Waals surface area contributed by atoms with Crippen molar-refractivity contribution in [3.05, 3.63) is 36.0 Å². The van der Waals surface area contributed by atoms with Crippen LogP contribution in [0.2, 0.25) is 0 Å². The van der Waals surface area contributed by atoms with Crippen LogP contribution in [-0.2, 0) is 6.54 Å². The molecule has 0 saturated heterocycles. The van der Waals surface area contributed by atoms with Gasteiger partial charge in [-0.25, -0.2) is 4.98 Å². The van der Waals surface area contributed by atoms with Crippen LogP contribution in [0.1, 0.15) is 30.5 Å². The Morgan fingerprint density at radius 1 is 1.53 bits per heavy atom. The topological polar surface area (TPSA) is 34.1 Å². The molecular formula is C14H20N2O. The molecule has 92 valence electrons. The van der Waals surface area contributed by atoms with Crippen molar-refractivity contribution in [1.29, 1.82) is 0 Å². The standard InChI is InChI=1S/C14H20N2O/c1-3-4-7-17-14-9-12(8-11(2)16-14)10-15-13-5-6-13/h3,8-9,13,15H,1,4-7,10H2,2H3. The van der Waals surface area contributed by atoms with Gasteiger partial charge < -0.3 is 10.1 Å². The lowest BCUT2D eigenvalue weighted by molar-refractivity contribution is 0.311. The maximum absolute atomic E-state index is 5.58. The minimum Gasteiger partial charge on any atom is -0.477 e. The van der Waals surface area contributed by atoms with Gasteiger partial charge in [0.25, 0.3) is 0 Å². The molecule has 0 amide bonds. The Kier molecular flexibility index (Phi) is 4.15. The summed E-state index contributed by atoms with van der Waals surface area (Å²) in [4.78, 5) is 4.36. The highest BCUT2D eigenvalue weighted by atomic mass is 16.5. The lowest BCUT2D eigenvalue weighted by Gasteiger charge is -2.08. The van der Waals surface area contributed by atoms with E-state index in [0.29, 0.717) is 6.61 Å². The fraction of sp³-hybridized carbons (Fsp3) is 0.500. The molecule has 1 fully saturated rings. The Labute approximate surface area is 103 Å². The van der Waals surface area contributed by atoms with E-state index in [1.54, 1.807) is 0 Å². The molecule has 0 atom stereocenters. The van der Waals surface area contributed by atoms with Crippen LogP contribution in [0.15, 0.2) is 24.8 Å². The van der Waals surface area contributed by atoms with Gasteiger partial charge in [-0.3, -0.25) is 0 Å². The van der Waals surface area contributed by atoms with Gasteiger partial charge in [0.2, 0.25) is 5.88 Å². The minimum absolute atomic E-state index is 0.648. The van der Waals surface area contributed by atoms with Gasteiger partial charge in [0.15, 0.2) is 0 Å². The summed E-state index contributed by atoms with van der Waals surface area (Å²) < 4.78 is 5.58. The third-order valence-electron chi connectivity index (χ3n) is 2.73. The van der Waals surface area contributed by atoms with Crippen LogP contribution in [0.3, 0.4) is 0 Å². The third kappa shape index (κ3) is 4.19. The zero-order chi connectivity index (χ0) is 12.1. The van der Waals surface area contributed by atoms with Crippen LogP contribution < -0.4 is 10.1 Å². The van der Waals surface area contributed by atoms with Crippen molar-refractivity contribution in [2.24, 2.45) is 0 Å². The number of rotatable bonds is 7. The molecule has 3 nitrogen and oxygen atoms in total. The van der Waals surface area contributed by atoms with Crippen molar-refractivity contribution in [2.75, 3.05) is 6.61 Å². The maximum Gasteiger partial charge on any atom is 0.213 e. The van der Waals surface area contributed by atoms with Gasteiger partial charge in [-0.2, -0.15) is 0 Å². The predicted molar refractivity (Wildman–Crippen MR) is 69.1 cm³/mol. The highest BCUT2D eigenvalue weighted by molar-refractivity contribution is 5.24. The number of ether oxygens (including phenoxy) is 1. The first-order valence-corrected chi connectivity index (χ1v) is 6.22. The molecule has 1 aromatic heterocycles. The van der Waals surface area contributed by atoms with Gasteiger partial charge in [-0.1, -0.05) is 6.08 Å². The largest absolute Gasteiger partial charge is 0.477 e. The number of aromatic nitrogens is 1. The van der Waals surface area contributed by atoms with Crippen molar-refractivity contribution in [1.82, 2.24) is 10.3 Å². The van der Waals surface area contributed by atoms with E-state index in [0.717, 1.165) is 30.6 Å². The zero-order valence-corrected chi connectivity index (χ0v) is 10.4. The molecule has 1 heterocycles. The van der Waals surface area contributed by atoms with Gasteiger partial charge in [-0.15, -0.1) is 6.58 Å². The Balaban J connectivity index is 1.92. The SMILES string of the molecule is C=CCCOc1cc(CNC2CC2)cc(C)n1. The highest BCUT2D eigenvalue weighted by Crippen LogP contribution is 2.20. The molecular weight excluding hydrogens is 212 g/mol. The average Bonchev–Trinajstić information content (AvgIpc) is 3.10. The van der Waals surface area contributed by atoms with Crippen LogP contribution in [0.25, 0.3) is 0 Å². The quantitative estimate of drug-likeness (QED) is 0.579. The number of pyridine rings is 1. The van der Waals surface area contributed by atoms with Crippen LogP contribution in [0, 0.1) is 6.92 Å². The van der Waals surface area contributed by atoms with E-state index in [2.05, 4.69) is 22.9 Å². The molecule has 0 unspecified atom stereocenters. The summed E-state index contributed by atoms with van der Waals surface area (Å²) in [6.45, 7) is 7.23. The molecule has 0 bridgehead atoms. The first-order chi connectivity index (χ1) is 8.28. The second-order valence-corrected chi connectivity index (χ2v) is 4.54. The van der Waals surface area contributed by atoms with Crippen molar-refractivity contribution >= 4 is 0 Å². The smallest absolute Gasteiger partial charge is 0.213 e. The van der Waals surface area contributed by atoms with Gasteiger partial charge in [0.1, 0.15) is 0 Å². The molecule has 17 heavy (non-hydrogen) atoms. The molecule has 1 aliphatic rings. The van der Waals surface area contributed by atoms with Crippen molar-refractivity contribution in [2.45, 2.75) is 38.8 Å². The Hall–Kier alpha value is -1.35. The summed E-state index contributed by atoms with van der Waals surface area (Å²) in [6.07, 6.45) is 5.33. The number of aryl methyl sites for hydroxylation is 1. The van der Waals surface area contributed by atoms with E-state index < -0.39 is 0 Å². The minimum atomic E-state index is 0.648. The average molecular weight is 232 g/mol. The summed E-state index contributed by atoms with van der Waals surface area (Å²) in [5.41, 5.74) is 2.26. The van der Waals surface area contributed by atoms with E-state index in [4.69, 9.17) is 4.74 Å². The number of hydrogen-bond acceptors (Lipinski definition) is 3. The molecule has 1 aromatic rings. The zero-order valence-electron chi connectivity index (χ0n) is 10.4. The predicted octanol–water partition coefficient (Wildman–Crippen LogP) is 2.60. The molecule has 0 spiro atoms. The van der Waals surface area contributed by atoms with Crippen molar-refractivity contribution < 1.29 is 4.74 Å². The Morgan fingerprint density at radius 3 is 3.06 bits per heavy atom. The summed E-state index contributed by atoms with van der Waals surface area (Å²) in [6, 6.07) is 4.86. The molecule has 1 saturated carbocycles. The molecule has 3 heteroatoms. The highest BCUT2D eigenvalue weighted by Gasteiger charge is 2.20. The van der Waals surface area contributed by atoms with Crippen LogP contribution in [-0.4, -0.2) is 17.6 Å². The Morgan fingerprint density at radius 2 is 2.35 bits per heavy atom. The van der Waals surface area contributed by atoms with E-state index in [1.165, 1.54) is 18.4 Å². The summed E-state index contributed by atoms with van der Waals surface area (Å²) >= 11 is 0. The van der Waals surface area contributed by atoms with E-state index in [9.17, 15) is 0 Å². The van der Waals surface area contributed by atoms with Crippen molar-refractivity contribution in [3.63, 3.8) is 0 Å². The monoisotopic (exact) mass is 232 g/mol. The first kappa shape index (κ1) is 12.1. The maximum atomic E-state index is 5.58. The van der Waals surface area contributed by atoms with Crippen LogP contribution in [0.5, 0.6) is 5.88 Å². The molecule has 0 radical (unpaired) electrons.